The molecule has 2 heterocycles. The summed E-state index contributed by atoms with van der Waals surface area (Å²) >= 11 is 15.4. The number of anilines is 1. The van der Waals surface area contributed by atoms with Crippen molar-refractivity contribution in [1.82, 2.24) is 9.55 Å². The van der Waals surface area contributed by atoms with Gasteiger partial charge in [0.2, 0.25) is 5.91 Å². The molecule has 6 nitrogen and oxygen atoms in total. The van der Waals surface area contributed by atoms with Crippen LogP contribution < -0.4 is 15.6 Å². The van der Waals surface area contributed by atoms with Gasteiger partial charge in [-0.2, -0.15) is 0 Å². The normalized spacial score (nSPS) is 13.0. The first-order valence-electron chi connectivity index (χ1n) is 11.9. The quantitative estimate of drug-likeness (QED) is 0.199. The molecule has 0 radical (unpaired) electrons. The third-order valence-electron chi connectivity index (χ3n) is 6.46. The summed E-state index contributed by atoms with van der Waals surface area (Å²) in [6.45, 7) is 3.77. The Morgan fingerprint density at radius 3 is 2.65 bits per heavy atom. The van der Waals surface area contributed by atoms with E-state index in [1.165, 1.54) is 23.7 Å². The fraction of sp³-hybridized carbons (Fsp3) is 0.296. The number of thiophene rings is 1. The van der Waals surface area contributed by atoms with Crippen LogP contribution in [0.2, 0.25) is 10.0 Å². The number of halogens is 2. The van der Waals surface area contributed by atoms with Gasteiger partial charge in [-0.25, -0.2) is 4.98 Å². The number of hydrogen-bond acceptors (Lipinski definition) is 6. The number of methoxy groups -OCH3 is 1. The topological polar surface area (TPSA) is 73.2 Å². The summed E-state index contributed by atoms with van der Waals surface area (Å²) in [6, 6.07) is 8.96. The van der Waals surface area contributed by atoms with Gasteiger partial charge in [0, 0.05) is 21.0 Å². The molecule has 1 amide bonds. The van der Waals surface area contributed by atoms with Crippen LogP contribution in [0.4, 0.5) is 5.69 Å². The van der Waals surface area contributed by atoms with Crippen molar-refractivity contribution in [2.24, 2.45) is 0 Å². The largest absolute Gasteiger partial charge is 0.495 e. The van der Waals surface area contributed by atoms with Crippen LogP contribution in [0.15, 0.2) is 40.3 Å². The minimum Gasteiger partial charge on any atom is -0.495 e. The minimum atomic E-state index is -0.252. The Morgan fingerprint density at radius 2 is 1.89 bits per heavy atom. The lowest BCUT2D eigenvalue weighted by molar-refractivity contribution is -0.113. The van der Waals surface area contributed by atoms with E-state index in [1.807, 2.05) is 26.0 Å². The van der Waals surface area contributed by atoms with E-state index in [0.717, 1.165) is 47.2 Å². The van der Waals surface area contributed by atoms with Gasteiger partial charge in [-0.05, 0) is 74.4 Å². The summed E-state index contributed by atoms with van der Waals surface area (Å²) in [5.74, 6) is 0.273. The second kappa shape index (κ2) is 10.7. The van der Waals surface area contributed by atoms with E-state index < -0.39 is 0 Å². The lowest BCUT2D eigenvalue weighted by Crippen LogP contribution is -2.23. The van der Waals surface area contributed by atoms with Crippen LogP contribution in [0.25, 0.3) is 15.9 Å². The molecule has 37 heavy (non-hydrogen) atoms. The number of benzene rings is 2. The number of carbonyl (C=O) groups excluding carboxylic acids is 1. The summed E-state index contributed by atoms with van der Waals surface area (Å²) in [6.07, 6.45) is 4.05. The molecule has 192 valence electrons. The Bertz CT molecular complexity index is 1600. The summed E-state index contributed by atoms with van der Waals surface area (Å²) in [7, 11) is 1.52. The van der Waals surface area contributed by atoms with E-state index in [9.17, 15) is 9.59 Å². The van der Waals surface area contributed by atoms with E-state index in [2.05, 4.69) is 5.32 Å². The molecule has 1 N–H and O–H groups in total. The summed E-state index contributed by atoms with van der Waals surface area (Å²) in [4.78, 5) is 33.7. The van der Waals surface area contributed by atoms with Gasteiger partial charge in [-0.1, -0.05) is 41.0 Å². The number of carbonyl (C=O) groups is 1. The standard InChI is InChI=1S/C27H25Cl2N3O3S2/c1-14-8-9-16(11-18(14)28)32-26(34)24-17-6-4-5-7-22(17)37-25(24)31-27(32)36-13-23(33)30-20-10-15(2)19(29)12-21(20)35-3/h8-12H,4-7,13H2,1-3H3,(H,30,33). The smallest absolute Gasteiger partial charge is 0.267 e. The minimum absolute atomic E-state index is 0.0491. The molecular formula is C27H25Cl2N3O3S2. The number of thioether (sulfide) groups is 1. The number of aryl methyl sites for hydroxylation is 4. The Hall–Kier alpha value is -2.52. The van der Waals surface area contributed by atoms with E-state index in [1.54, 1.807) is 34.1 Å². The molecule has 0 aliphatic heterocycles. The maximum absolute atomic E-state index is 13.9. The number of nitrogens with one attached hydrogen (secondary N) is 1. The van der Waals surface area contributed by atoms with Gasteiger partial charge >= 0.3 is 0 Å². The fourth-order valence-electron chi connectivity index (χ4n) is 4.48. The first kappa shape index (κ1) is 26.1. The van der Waals surface area contributed by atoms with Crippen molar-refractivity contribution in [3.05, 3.63) is 72.3 Å². The Balaban J connectivity index is 1.52. The molecule has 0 unspecified atom stereocenters. The van der Waals surface area contributed by atoms with Crippen LogP contribution in [0.3, 0.4) is 0 Å². The van der Waals surface area contributed by atoms with Crippen LogP contribution in [0.1, 0.15) is 34.4 Å². The molecule has 5 rings (SSSR count). The number of hydrogen-bond donors (Lipinski definition) is 1. The molecule has 0 atom stereocenters. The van der Waals surface area contributed by atoms with Gasteiger partial charge in [0.25, 0.3) is 5.56 Å². The number of ether oxygens (including phenoxy) is 1. The van der Waals surface area contributed by atoms with Crippen molar-refractivity contribution in [2.75, 3.05) is 18.2 Å². The molecule has 0 bridgehead atoms. The van der Waals surface area contributed by atoms with Crippen molar-refractivity contribution in [2.45, 2.75) is 44.7 Å². The fourth-order valence-corrected chi connectivity index (χ4v) is 6.92. The van der Waals surface area contributed by atoms with Crippen molar-refractivity contribution >= 4 is 68.1 Å². The molecule has 4 aromatic rings. The second-order valence-electron chi connectivity index (χ2n) is 9.00. The Morgan fingerprint density at radius 1 is 1.14 bits per heavy atom. The number of rotatable bonds is 6. The molecule has 0 spiro atoms. The third-order valence-corrected chi connectivity index (χ3v) is 9.40. The van der Waals surface area contributed by atoms with Crippen LogP contribution in [-0.4, -0.2) is 28.3 Å². The first-order chi connectivity index (χ1) is 17.8. The molecule has 1 aliphatic carbocycles. The van der Waals surface area contributed by atoms with E-state index in [-0.39, 0.29) is 17.2 Å². The zero-order valence-electron chi connectivity index (χ0n) is 20.6. The molecule has 0 saturated carbocycles. The molecule has 10 heteroatoms. The number of aromatic nitrogens is 2. The average Bonchev–Trinajstić information content (AvgIpc) is 3.25. The Labute approximate surface area is 233 Å². The summed E-state index contributed by atoms with van der Waals surface area (Å²) < 4.78 is 6.96. The van der Waals surface area contributed by atoms with Crippen LogP contribution in [0, 0.1) is 13.8 Å². The Kier molecular flexibility index (Phi) is 7.54. The highest BCUT2D eigenvalue weighted by Crippen LogP contribution is 2.36. The van der Waals surface area contributed by atoms with E-state index in [4.69, 9.17) is 32.9 Å². The lowest BCUT2D eigenvalue weighted by Gasteiger charge is -2.15. The van der Waals surface area contributed by atoms with Crippen molar-refractivity contribution in [3.8, 4) is 11.4 Å². The highest BCUT2D eigenvalue weighted by molar-refractivity contribution is 7.99. The van der Waals surface area contributed by atoms with Gasteiger partial charge in [0.1, 0.15) is 10.6 Å². The van der Waals surface area contributed by atoms with Gasteiger partial charge in [-0.15, -0.1) is 11.3 Å². The average molecular weight is 575 g/mol. The molecule has 0 saturated heterocycles. The van der Waals surface area contributed by atoms with Gasteiger partial charge in [-0.3, -0.25) is 14.2 Å². The zero-order valence-corrected chi connectivity index (χ0v) is 23.8. The highest BCUT2D eigenvalue weighted by Gasteiger charge is 2.23. The number of nitrogens with zero attached hydrogens (tertiary/aromatic N) is 2. The summed E-state index contributed by atoms with van der Waals surface area (Å²) in [5.41, 5.74) is 3.90. The second-order valence-corrected chi connectivity index (χ2v) is 11.8. The molecule has 0 fully saturated rings. The van der Waals surface area contributed by atoms with Crippen molar-refractivity contribution in [1.29, 1.82) is 0 Å². The van der Waals surface area contributed by atoms with Gasteiger partial charge < -0.3 is 10.1 Å². The van der Waals surface area contributed by atoms with Crippen molar-refractivity contribution < 1.29 is 9.53 Å². The molecule has 1 aliphatic rings. The maximum Gasteiger partial charge on any atom is 0.267 e. The van der Waals surface area contributed by atoms with E-state index in [0.29, 0.717) is 37.7 Å². The van der Waals surface area contributed by atoms with Gasteiger partial charge in [0.15, 0.2) is 5.16 Å². The molecule has 2 aromatic heterocycles. The molecular weight excluding hydrogens is 549 g/mol. The third kappa shape index (κ3) is 5.12. The van der Waals surface area contributed by atoms with Crippen molar-refractivity contribution in [3.63, 3.8) is 0 Å². The van der Waals surface area contributed by atoms with Gasteiger partial charge in [0.05, 0.1) is 29.6 Å². The zero-order chi connectivity index (χ0) is 26.3. The van der Waals surface area contributed by atoms with E-state index >= 15 is 0 Å². The lowest BCUT2D eigenvalue weighted by atomic mass is 9.97. The van der Waals surface area contributed by atoms with Crippen LogP contribution in [-0.2, 0) is 17.6 Å². The highest BCUT2D eigenvalue weighted by atomic mass is 35.5. The van der Waals surface area contributed by atoms with Crippen LogP contribution in [0.5, 0.6) is 5.75 Å². The first-order valence-corrected chi connectivity index (χ1v) is 14.4. The van der Waals surface area contributed by atoms with Crippen LogP contribution >= 0.6 is 46.3 Å². The molecule has 2 aromatic carbocycles. The predicted octanol–water partition coefficient (Wildman–Crippen LogP) is 6.99. The number of fused-ring (bicyclic) bond motifs is 3. The SMILES string of the molecule is COc1cc(Cl)c(C)cc1NC(=O)CSc1nc2sc3c(c2c(=O)n1-c1ccc(C)c(Cl)c1)CCCC3. The predicted molar refractivity (Wildman–Crippen MR) is 154 cm³/mol. The number of amides is 1. The summed E-state index contributed by atoms with van der Waals surface area (Å²) in [5, 5.41) is 5.15. The monoisotopic (exact) mass is 573 g/mol. The maximum atomic E-state index is 13.9.